The van der Waals surface area contributed by atoms with Gasteiger partial charge < -0.3 is 20.5 Å². The zero-order valence-electron chi connectivity index (χ0n) is 15.3. The summed E-state index contributed by atoms with van der Waals surface area (Å²) in [5.41, 5.74) is 8.56. The number of rotatable bonds is 7. The Bertz CT molecular complexity index is 607. The minimum absolute atomic E-state index is 0.0104. The first kappa shape index (κ1) is 19.2. The third-order valence-corrected chi connectivity index (χ3v) is 4.75. The molecule has 2 rings (SSSR count). The molecule has 1 amide bonds. The molecule has 6 heteroatoms. The molecule has 0 aromatic heterocycles. The normalized spacial score (nSPS) is 20.1. The number of nitrogens with one attached hydrogen (secondary N) is 1. The van der Waals surface area contributed by atoms with E-state index >= 15 is 0 Å². The van der Waals surface area contributed by atoms with E-state index in [1.165, 1.54) is 7.11 Å². The summed E-state index contributed by atoms with van der Waals surface area (Å²) >= 11 is 0. The van der Waals surface area contributed by atoms with Crippen molar-refractivity contribution < 1.29 is 19.1 Å². The van der Waals surface area contributed by atoms with Gasteiger partial charge in [-0.3, -0.25) is 4.79 Å². The van der Waals surface area contributed by atoms with E-state index in [1.54, 1.807) is 0 Å². The van der Waals surface area contributed by atoms with Gasteiger partial charge in [0, 0.05) is 18.5 Å². The van der Waals surface area contributed by atoms with Crippen LogP contribution in [0.4, 0.5) is 0 Å². The van der Waals surface area contributed by atoms with Gasteiger partial charge in [0.15, 0.2) is 6.61 Å². The average molecular weight is 348 g/mol. The molecule has 25 heavy (non-hydrogen) atoms. The molecule has 138 valence electrons. The Morgan fingerprint density at radius 1 is 1.24 bits per heavy atom. The minimum atomic E-state index is -0.397. The number of methoxy groups -OCH3 is 1. The van der Waals surface area contributed by atoms with Crippen LogP contribution >= 0.6 is 0 Å². The first-order valence-electron chi connectivity index (χ1n) is 8.73. The summed E-state index contributed by atoms with van der Waals surface area (Å²) in [4.78, 5) is 22.6. The molecule has 0 radical (unpaired) electrons. The number of carbonyl (C=O) groups excluding carboxylic acids is 2. The van der Waals surface area contributed by atoms with E-state index in [-0.39, 0.29) is 18.4 Å². The Morgan fingerprint density at radius 2 is 1.92 bits per heavy atom. The van der Waals surface area contributed by atoms with Gasteiger partial charge in [-0.05, 0) is 49.8 Å². The number of benzene rings is 1. The summed E-state index contributed by atoms with van der Waals surface area (Å²) in [5.74, 6) is 0.126. The van der Waals surface area contributed by atoms with Crippen molar-refractivity contribution in [3.05, 3.63) is 28.8 Å². The van der Waals surface area contributed by atoms with E-state index < -0.39 is 5.97 Å². The number of nitrogens with two attached hydrogens (primary N) is 1. The Morgan fingerprint density at radius 3 is 2.52 bits per heavy atom. The van der Waals surface area contributed by atoms with Gasteiger partial charge in [-0.25, -0.2) is 4.79 Å². The average Bonchev–Trinajstić information content (AvgIpc) is 2.59. The molecule has 0 saturated heterocycles. The molecular formula is C19H28N2O4. The second-order valence-corrected chi connectivity index (χ2v) is 6.77. The molecule has 1 aromatic rings. The largest absolute Gasteiger partial charge is 0.481 e. The first-order chi connectivity index (χ1) is 11.9. The fraction of sp³-hybridized carbons (Fsp3) is 0.579. The number of hydrogen-bond acceptors (Lipinski definition) is 5. The van der Waals surface area contributed by atoms with Gasteiger partial charge in [-0.1, -0.05) is 18.6 Å². The molecule has 1 saturated carbocycles. The summed E-state index contributed by atoms with van der Waals surface area (Å²) in [5, 5.41) is 3.53. The lowest BCUT2D eigenvalue weighted by atomic mass is 9.85. The van der Waals surface area contributed by atoms with E-state index in [0.29, 0.717) is 6.04 Å². The molecule has 0 heterocycles. The van der Waals surface area contributed by atoms with Gasteiger partial charge in [0.2, 0.25) is 5.91 Å². The quantitative estimate of drug-likeness (QED) is 0.736. The molecule has 1 aliphatic carbocycles. The molecular weight excluding hydrogens is 320 g/mol. The number of esters is 1. The maximum absolute atomic E-state index is 11.4. The van der Waals surface area contributed by atoms with Crippen LogP contribution < -0.4 is 15.8 Å². The van der Waals surface area contributed by atoms with Crippen LogP contribution in [0.3, 0.4) is 0 Å². The fourth-order valence-corrected chi connectivity index (χ4v) is 3.46. The van der Waals surface area contributed by atoms with E-state index in [2.05, 4.69) is 22.2 Å². The van der Waals surface area contributed by atoms with Crippen molar-refractivity contribution in [1.82, 2.24) is 5.32 Å². The van der Waals surface area contributed by atoms with Gasteiger partial charge in [0.25, 0.3) is 0 Å². The number of ether oxygens (including phenoxy) is 2. The summed E-state index contributed by atoms with van der Waals surface area (Å²) in [6, 6.07) is 4.43. The van der Waals surface area contributed by atoms with Gasteiger partial charge in [0.1, 0.15) is 5.75 Å². The molecule has 0 aliphatic heterocycles. The van der Waals surface area contributed by atoms with Crippen molar-refractivity contribution in [1.29, 1.82) is 0 Å². The lowest BCUT2D eigenvalue weighted by Crippen LogP contribution is -2.38. The molecule has 1 aromatic carbocycles. The summed E-state index contributed by atoms with van der Waals surface area (Å²) in [6.07, 6.45) is 3.82. The number of primary amides is 1. The third-order valence-electron chi connectivity index (χ3n) is 4.75. The molecule has 6 nitrogen and oxygen atoms in total. The predicted molar refractivity (Wildman–Crippen MR) is 95.2 cm³/mol. The maximum Gasteiger partial charge on any atom is 0.343 e. The van der Waals surface area contributed by atoms with Crippen LogP contribution in [0, 0.1) is 19.8 Å². The van der Waals surface area contributed by atoms with Crippen molar-refractivity contribution >= 4 is 11.9 Å². The summed E-state index contributed by atoms with van der Waals surface area (Å²) in [6.45, 7) is 4.57. The van der Waals surface area contributed by atoms with Crippen LogP contribution in [0.15, 0.2) is 12.1 Å². The number of aryl methyl sites for hydroxylation is 2. The van der Waals surface area contributed by atoms with E-state index in [0.717, 1.165) is 54.7 Å². The number of carbonyl (C=O) groups is 2. The second-order valence-electron chi connectivity index (χ2n) is 6.77. The first-order valence-corrected chi connectivity index (χ1v) is 8.73. The van der Waals surface area contributed by atoms with Gasteiger partial charge in [0.05, 0.1) is 7.11 Å². The van der Waals surface area contributed by atoms with Crippen LogP contribution in [0.25, 0.3) is 0 Å². The fourth-order valence-electron chi connectivity index (χ4n) is 3.46. The van der Waals surface area contributed by atoms with Crippen molar-refractivity contribution in [2.75, 3.05) is 13.7 Å². The Balaban J connectivity index is 1.94. The van der Waals surface area contributed by atoms with Crippen LogP contribution in [0.5, 0.6) is 5.75 Å². The SMILES string of the molecule is COC(=O)COc1c(C)cc(CNC2CCCC(C(N)=O)C2)cc1C. The molecule has 1 fully saturated rings. The standard InChI is InChI=1S/C19H28N2O4/c1-12-7-14(8-13(2)18(12)25-11-17(22)24-3)10-21-16-6-4-5-15(9-16)19(20)23/h7-8,15-16,21H,4-6,9-11H2,1-3H3,(H2,20,23). The van der Waals surface area contributed by atoms with E-state index in [1.807, 2.05) is 13.8 Å². The lowest BCUT2D eigenvalue weighted by molar-refractivity contribution is -0.142. The predicted octanol–water partition coefficient (Wildman–Crippen LogP) is 1.99. The monoisotopic (exact) mass is 348 g/mol. The van der Waals surface area contributed by atoms with Gasteiger partial charge in [-0.2, -0.15) is 0 Å². The zero-order valence-corrected chi connectivity index (χ0v) is 15.3. The highest BCUT2D eigenvalue weighted by atomic mass is 16.6. The van der Waals surface area contributed by atoms with Crippen molar-refractivity contribution in [2.24, 2.45) is 11.7 Å². The van der Waals surface area contributed by atoms with Crippen LogP contribution in [0.1, 0.15) is 42.4 Å². The molecule has 1 aliphatic rings. The summed E-state index contributed by atoms with van der Waals surface area (Å²) in [7, 11) is 1.34. The Kier molecular flexibility index (Phi) is 6.82. The molecule has 3 N–H and O–H groups in total. The molecule has 0 spiro atoms. The number of amides is 1. The maximum atomic E-state index is 11.4. The zero-order chi connectivity index (χ0) is 18.4. The van der Waals surface area contributed by atoms with E-state index in [9.17, 15) is 9.59 Å². The topological polar surface area (TPSA) is 90.7 Å². The van der Waals surface area contributed by atoms with Crippen LogP contribution in [-0.4, -0.2) is 31.6 Å². The number of hydrogen-bond donors (Lipinski definition) is 2. The molecule has 2 atom stereocenters. The van der Waals surface area contributed by atoms with Crippen molar-refractivity contribution in [3.63, 3.8) is 0 Å². The minimum Gasteiger partial charge on any atom is -0.481 e. The van der Waals surface area contributed by atoms with Crippen molar-refractivity contribution in [2.45, 2.75) is 52.1 Å². The smallest absolute Gasteiger partial charge is 0.343 e. The molecule has 2 unspecified atom stereocenters. The Hall–Kier alpha value is -2.08. The van der Waals surface area contributed by atoms with Crippen LogP contribution in [-0.2, 0) is 20.9 Å². The highest BCUT2D eigenvalue weighted by Crippen LogP contribution is 2.26. The second kappa shape index (κ2) is 8.85. The van der Waals surface area contributed by atoms with Crippen molar-refractivity contribution in [3.8, 4) is 5.75 Å². The van der Waals surface area contributed by atoms with Gasteiger partial charge >= 0.3 is 5.97 Å². The van der Waals surface area contributed by atoms with E-state index in [4.69, 9.17) is 10.5 Å². The van der Waals surface area contributed by atoms with Crippen LogP contribution in [0.2, 0.25) is 0 Å². The summed E-state index contributed by atoms with van der Waals surface area (Å²) < 4.78 is 10.2. The highest BCUT2D eigenvalue weighted by molar-refractivity contribution is 5.76. The lowest BCUT2D eigenvalue weighted by Gasteiger charge is -2.28. The third kappa shape index (κ3) is 5.46. The highest BCUT2D eigenvalue weighted by Gasteiger charge is 2.25. The van der Waals surface area contributed by atoms with Gasteiger partial charge in [-0.15, -0.1) is 0 Å². The molecule has 0 bridgehead atoms. The Labute approximate surface area is 149 Å².